The number of aryl methyl sites for hydroxylation is 1. The molecule has 0 aliphatic rings. The lowest BCUT2D eigenvalue weighted by Gasteiger charge is -2.09. The number of carboxylic acid groups (broad SMARTS) is 1. The number of benzene rings is 1. The Labute approximate surface area is 114 Å². The van der Waals surface area contributed by atoms with E-state index < -0.39 is 10.9 Å². The maximum Gasteiger partial charge on any atom is 0.305 e. The molecule has 0 bridgehead atoms. The number of aromatic nitrogens is 1. The number of nitrogens with zero attached hydrogens (tertiary/aromatic N) is 2. The number of nitro groups is 1. The highest BCUT2D eigenvalue weighted by atomic mass is 16.6. The van der Waals surface area contributed by atoms with Gasteiger partial charge in [-0.15, -0.1) is 0 Å². The molecule has 104 valence electrons. The van der Waals surface area contributed by atoms with E-state index in [0.717, 1.165) is 0 Å². The quantitative estimate of drug-likeness (QED) is 0.641. The Balaban J connectivity index is 2.37. The van der Waals surface area contributed by atoms with E-state index in [1.54, 1.807) is 25.1 Å². The van der Waals surface area contributed by atoms with Crippen LogP contribution >= 0.6 is 0 Å². The number of rotatable bonds is 5. The summed E-state index contributed by atoms with van der Waals surface area (Å²) in [4.78, 5) is 25.2. The molecular formula is C13H13N3O4. The van der Waals surface area contributed by atoms with E-state index in [9.17, 15) is 14.9 Å². The zero-order valence-corrected chi connectivity index (χ0v) is 10.8. The third kappa shape index (κ3) is 2.82. The molecule has 7 nitrogen and oxygen atoms in total. The molecule has 0 aliphatic carbocycles. The molecule has 2 aromatic rings. The summed E-state index contributed by atoms with van der Waals surface area (Å²) in [5.41, 5.74) is 1.57. The van der Waals surface area contributed by atoms with E-state index >= 15 is 0 Å². The van der Waals surface area contributed by atoms with Crippen LogP contribution < -0.4 is 5.32 Å². The van der Waals surface area contributed by atoms with Gasteiger partial charge in [-0.05, 0) is 13.0 Å². The number of fused-ring (bicyclic) bond motifs is 1. The summed E-state index contributed by atoms with van der Waals surface area (Å²) in [5, 5.41) is 23.2. The molecule has 20 heavy (non-hydrogen) atoms. The summed E-state index contributed by atoms with van der Waals surface area (Å²) >= 11 is 0. The first-order valence-corrected chi connectivity index (χ1v) is 5.99. The van der Waals surface area contributed by atoms with Crippen LogP contribution in [0.4, 0.5) is 11.4 Å². The summed E-state index contributed by atoms with van der Waals surface area (Å²) in [6.07, 6.45) is -0.00753. The van der Waals surface area contributed by atoms with Gasteiger partial charge in [-0.25, -0.2) is 4.98 Å². The fourth-order valence-electron chi connectivity index (χ4n) is 1.91. The second-order valence-electron chi connectivity index (χ2n) is 4.30. The van der Waals surface area contributed by atoms with E-state index in [1.165, 1.54) is 6.07 Å². The summed E-state index contributed by atoms with van der Waals surface area (Å²) in [6.45, 7) is 2.00. The lowest BCUT2D eigenvalue weighted by atomic mass is 10.1. The molecule has 0 radical (unpaired) electrons. The summed E-state index contributed by atoms with van der Waals surface area (Å²) in [7, 11) is 0. The minimum absolute atomic E-state index is 0.00753. The van der Waals surface area contributed by atoms with Crippen LogP contribution in [-0.2, 0) is 4.79 Å². The number of aliphatic carboxylic acids is 1. The van der Waals surface area contributed by atoms with Crippen LogP contribution in [0.25, 0.3) is 10.9 Å². The number of carbonyl (C=O) groups is 1. The molecule has 0 atom stereocenters. The van der Waals surface area contributed by atoms with Crippen LogP contribution in [0, 0.1) is 17.0 Å². The molecule has 1 heterocycles. The van der Waals surface area contributed by atoms with Crippen molar-refractivity contribution in [2.45, 2.75) is 13.3 Å². The zero-order valence-electron chi connectivity index (χ0n) is 10.8. The van der Waals surface area contributed by atoms with Crippen molar-refractivity contribution < 1.29 is 14.8 Å². The van der Waals surface area contributed by atoms with Gasteiger partial charge < -0.3 is 10.4 Å². The van der Waals surface area contributed by atoms with Crippen LogP contribution in [0.3, 0.4) is 0 Å². The van der Waals surface area contributed by atoms with E-state index in [0.29, 0.717) is 22.3 Å². The SMILES string of the molecule is Cc1nc2c([N+](=O)[O-])cccc2cc1NCCC(=O)O. The third-order valence-corrected chi connectivity index (χ3v) is 2.87. The van der Waals surface area contributed by atoms with E-state index in [-0.39, 0.29) is 18.7 Å². The predicted octanol–water partition coefficient (Wildman–Crippen LogP) is 2.34. The molecule has 0 fully saturated rings. The van der Waals surface area contributed by atoms with Gasteiger partial charge in [0.05, 0.1) is 22.7 Å². The van der Waals surface area contributed by atoms with Gasteiger partial charge >= 0.3 is 5.97 Å². The summed E-state index contributed by atoms with van der Waals surface area (Å²) in [5.74, 6) is -0.889. The summed E-state index contributed by atoms with van der Waals surface area (Å²) < 4.78 is 0. The van der Waals surface area contributed by atoms with Crippen molar-refractivity contribution in [3.63, 3.8) is 0 Å². The number of para-hydroxylation sites is 1. The number of pyridine rings is 1. The normalized spacial score (nSPS) is 10.4. The number of non-ortho nitro benzene ring substituents is 1. The molecule has 1 aromatic carbocycles. The summed E-state index contributed by atoms with van der Waals surface area (Å²) in [6, 6.07) is 6.48. The fourth-order valence-corrected chi connectivity index (χ4v) is 1.91. The first kappa shape index (κ1) is 13.7. The number of hydrogen-bond acceptors (Lipinski definition) is 5. The Morgan fingerprint density at radius 2 is 2.25 bits per heavy atom. The molecule has 2 N–H and O–H groups in total. The van der Waals surface area contributed by atoms with Gasteiger partial charge in [-0.3, -0.25) is 14.9 Å². The van der Waals surface area contributed by atoms with Gasteiger partial charge in [0.2, 0.25) is 0 Å². The number of anilines is 1. The van der Waals surface area contributed by atoms with Crippen molar-refractivity contribution in [3.8, 4) is 0 Å². The average Bonchev–Trinajstić information content (AvgIpc) is 2.38. The number of nitrogens with one attached hydrogen (secondary N) is 1. The van der Waals surface area contributed by atoms with Gasteiger partial charge in [0.25, 0.3) is 5.69 Å². The number of nitro benzene ring substituents is 1. The van der Waals surface area contributed by atoms with Crippen molar-refractivity contribution in [3.05, 3.63) is 40.1 Å². The van der Waals surface area contributed by atoms with E-state index in [2.05, 4.69) is 10.3 Å². The highest BCUT2D eigenvalue weighted by Gasteiger charge is 2.14. The largest absolute Gasteiger partial charge is 0.481 e. The van der Waals surface area contributed by atoms with Crippen molar-refractivity contribution in [2.24, 2.45) is 0 Å². The first-order valence-electron chi connectivity index (χ1n) is 5.99. The maximum absolute atomic E-state index is 10.9. The van der Waals surface area contributed by atoms with Crippen molar-refractivity contribution in [1.29, 1.82) is 0 Å². The van der Waals surface area contributed by atoms with Crippen molar-refractivity contribution in [1.82, 2.24) is 4.98 Å². The highest BCUT2D eigenvalue weighted by Crippen LogP contribution is 2.27. The Morgan fingerprint density at radius 3 is 2.90 bits per heavy atom. The van der Waals surface area contributed by atoms with Gasteiger partial charge in [0, 0.05) is 18.0 Å². The van der Waals surface area contributed by atoms with Gasteiger partial charge in [-0.2, -0.15) is 0 Å². The van der Waals surface area contributed by atoms with Crippen LogP contribution in [0.5, 0.6) is 0 Å². The second kappa shape index (κ2) is 5.52. The molecular weight excluding hydrogens is 262 g/mol. The minimum Gasteiger partial charge on any atom is -0.481 e. The first-order chi connectivity index (χ1) is 9.49. The third-order valence-electron chi connectivity index (χ3n) is 2.87. The van der Waals surface area contributed by atoms with Gasteiger partial charge in [0.15, 0.2) is 0 Å². The number of hydrogen-bond donors (Lipinski definition) is 2. The molecule has 7 heteroatoms. The van der Waals surface area contributed by atoms with Gasteiger partial charge in [-0.1, -0.05) is 12.1 Å². The van der Waals surface area contributed by atoms with Gasteiger partial charge in [0.1, 0.15) is 5.52 Å². The van der Waals surface area contributed by atoms with Crippen molar-refractivity contribution >= 4 is 28.2 Å². The molecule has 0 unspecified atom stereocenters. The monoisotopic (exact) mass is 275 g/mol. The maximum atomic E-state index is 10.9. The average molecular weight is 275 g/mol. The van der Waals surface area contributed by atoms with Crippen LogP contribution in [0.15, 0.2) is 24.3 Å². The molecule has 0 aliphatic heterocycles. The number of carboxylic acids is 1. The van der Waals surface area contributed by atoms with E-state index in [4.69, 9.17) is 5.11 Å². The Morgan fingerprint density at radius 1 is 1.50 bits per heavy atom. The molecule has 0 amide bonds. The minimum atomic E-state index is -0.889. The zero-order chi connectivity index (χ0) is 14.7. The second-order valence-corrected chi connectivity index (χ2v) is 4.30. The van der Waals surface area contributed by atoms with E-state index in [1.807, 2.05) is 0 Å². The van der Waals surface area contributed by atoms with Crippen LogP contribution in [-0.4, -0.2) is 27.5 Å². The fraction of sp³-hybridized carbons (Fsp3) is 0.231. The van der Waals surface area contributed by atoms with Crippen molar-refractivity contribution in [2.75, 3.05) is 11.9 Å². The molecule has 2 rings (SSSR count). The highest BCUT2D eigenvalue weighted by molar-refractivity contribution is 5.89. The smallest absolute Gasteiger partial charge is 0.305 e. The van der Waals surface area contributed by atoms with Crippen LogP contribution in [0.1, 0.15) is 12.1 Å². The predicted molar refractivity (Wildman–Crippen MR) is 73.9 cm³/mol. The lowest BCUT2D eigenvalue weighted by Crippen LogP contribution is -2.09. The standard InChI is InChI=1S/C13H13N3O4/c1-8-10(14-6-5-12(17)18)7-9-3-2-4-11(16(19)20)13(9)15-8/h2-4,7,14H,5-6H2,1H3,(H,17,18). The Kier molecular flexibility index (Phi) is 3.79. The topological polar surface area (TPSA) is 105 Å². The molecule has 0 saturated heterocycles. The van der Waals surface area contributed by atoms with Crippen LogP contribution in [0.2, 0.25) is 0 Å². The molecule has 1 aromatic heterocycles. The molecule has 0 spiro atoms. The Bertz CT molecular complexity index is 685. The Hall–Kier alpha value is -2.70. The molecule has 0 saturated carbocycles. The lowest BCUT2D eigenvalue weighted by molar-refractivity contribution is -0.383.